The predicted molar refractivity (Wildman–Crippen MR) is 111 cm³/mol. The topological polar surface area (TPSA) is 85.2 Å². The van der Waals surface area contributed by atoms with E-state index in [1.807, 2.05) is 54.0 Å². The molecule has 8 heteroatoms. The van der Waals surface area contributed by atoms with E-state index in [-0.39, 0.29) is 12.6 Å². The van der Waals surface area contributed by atoms with Gasteiger partial charge >= 0.3 is 12.0 Å². The molecular formula is C21H20N4O3S. The van der Waals surface area contributed by atoms with Crippen LogP contribution in [0.2, 0.25) is 0 Å². The average molecular weight is 408 g/mol. The van der Waals surface area contributed by atoms with Crippen molar-refractivity contribution in [1.29, 1.82) is 0 Å². The highest BCUT2D eigenvalue weighted by molar-refractivity contribution is 7.13. The van der Waals surface area contributed by atoms with Crippen molar-refractivity contribution in [2.75, 3.05) is 6.61 Å². The zero-order valence-corrected chi connectivity index (χ0v) is 16.8. The molecule has 0 aliphatic carbocycles. The summed E-state index contributed by atoms with van der Waals surface area (Å²) in [5.41, 5.74) is 3.17. The van der Waals surface area contributed by atoms with Crippen molar-refractivity contribution in [1.82, 2.24) is 20.4 Å². The molecule has 7 nitrogen and oxygen atoms in total. The molecule has 0 fully saturated rings. The highest BCUT2D eigenvalue weighted by Gasteiger charge is 2.35. The molecule has 2 N–H and O–H groups in total. The van der Waals surface area contributed by atoms with Gasteiger partial charge in [0.1, 0.15) is 5.69 Å². The molecule has 1 aliphatic rings. The smallest absolute Gasteiger partial charge is 0.338 e. The second-order valence-electron chi connectivity index (χ2n) is 6.48. The number of hydrogen-bond acceptors (Lipinski definition) is 5. The summed E-state index contributed by atoms with van der Waals surface area (Å²) in [5, 5.41) is 12.3. The normalized spacial score (nSPS) is 16.3. The molecule has 3 aromatic rings. The molecule has 0 bridgehead atoms. The van der Waals surface area contributed by atoms with Crippen LogP contribution < -0.4 is 10.6 Å². The Bertz CT molecular complexity index is 1070. The van der Waals surface area contributed by atoms with Gasteiger partial charge in [-0.3, -0.25) is 0 Å². The van der Waals surface area contributed by atoms with E-state index in [9.17, 15) is 9.59 Å². The van der Waals surface area contributed by atoms with Crippen molar-refractivity contribution in [3.63, 3.8) is 0 Å². The number of nitrogens with zero attached hydrogens (tertiary/aromatic N) is 2. The molecule has 148 valence electrons. The second kappa shape index (κ2) is 7.92. The maximum absolute atomic E-state index is 12.7. The summed E-state index contributed by atoms with van der Waals surface area (Å²) >= 11 is 1.55. The van der Waals surface area contributed by atoms with Crippen molar-refractivity contribution in [2.45, 2.75) is 19.9 Å². The Morgan fingerprint density at radius 2 is 2.03 bits per heavy atom. The largest absolute Gasteiger partial charge is 0.463 e. The predicted octanol–water partition coefficient (Wildman–Crippen LogP) is 3.79. The molecule has 0 radical (unpaired) electrons. The van der Waals surface area contributed by atoms with Crippen LogP contribution >= 0.6 is 11.3 Å². The molecular weight excluding hydrogens is 388 g/mol. The molecule has 2 amide bonds. The van der Waals surface area contributed by atoms with Gasteiger partial charge in [-0.25, -0.2) is 14.3 Å². The van der Waals surface area contributed by atoms with Crippen molar-refractivity contribution >= 4 is 23.3 Å². The number of esters is 1. The fourth-order valence-electron chi connectivity index (χ4n) is 3.32. The molecule has 1 aromatic carbocycles. The van der Waals surface area contributed by atoms with Gasteiger partial charge < -0.3 is 15.4 Å². The van der Waals surface area contributed by atoms with Gasteiger partial charge in [-0.15, -0.1) is 11.3 Å². The first-order valence-electron chi connectivity index (χ1n) is 9.22. The third kappa shape index (κ3) is 3.66. The maximum Gasteiger partial charge on any atom is 0.338 e. The average Bonchev–Trinajstić information content (AvgIpc) is 3.38. The van der Waals surface area contributed by atoms with Crippen LogP contribution in [-0.2, 0) is 9.53 Å². The molecule has 0 saturated carbocycles. The van der Waals surface area contributed by atoms with E-state index in [0.717, 1.165) is 16.1 Å². The van der Waals surface area contributed by atoms with Crippen LogP contribution in [0.15, 0.2) is 65.3 Å². The number of allylic oxidation sites excluding steroid dienone is 1. The number of urea groups is 1. The third-order valence-electron chi connectivity index (χ3n) is 4.59. The number of para-hydroxylation sites is 1. The molecule has 0 saturated heterocycles. The van der Waals surface area contributed by atoms with Crippen LogP contribution in [0.3, 0.4) is 0 Å². The minimum absolute atomic E-state index is 0.247. The number of thiophene rings is 1. The van der Waals surface area contributed by atoms with Gasteiger partial charge in [-0.2, -0.15) is 5.10 Å². The molecule has 1 aliphatic heterocycles. The lowest BCUT2D eigenvalue weighted by Crippen LogP contribution is -2.45. The Hall–Kier alpha value is -3.39. The number of ether oxygens (including phenoxy) is 1. The highest BCUT2D eigenvalue weighted by Crippen LogP contribution is 2.36. The third-order valence-corrected chi connectivity index (χ3v) is 5.47. The Kier molecular flexibility index (Phi) is 5.18. The molecule has 2 aromatic heterocycles. The monoisotopic (exact) mass is 408 g/mol. The van der Waals surface area contributed by atoms with Gasteiger partial charge in [0.15, 0.2) is 0 Å². The first kappa shape index (κ1) is 18.9. The Morgan fingerprint density at radius 1 is 1.24 bits per heavy atom. The molecule has 29 heavy (non-hydrogen) atoms. The maximum atomic E-state index is 12.7. The summed E-state index contributed by atoms with van der Waals surface area (Å²) in [6.45, 7) is 3.70. The van der Waals surface area contributed by atoms with Crippen LogP contribution in [0.5, 0.6) is 0 Å². The molecule has 3 heterocycles. The lowest BCUT2D eigenvalue weighted by atomic mass is 9.95. The van der Waals surface area contributed by atoms with E-state index in [4.69, 9.17) is 9.84 Å². The number of amides is 2. The van der Waals surface area contributed by atoms with E-state index in [2.05, 4.69) is 10.6 Å². The number of benzene rings is 1. The van der Waals surface area contributed by atoms with Crippen molar-refractivity contribution in [3.05, 3.63) is 70.9 Å². The van der Waals surface area contributed by atoms with Crippen LogP contribution in [-0.4, -0.2) is 28.4 Å². The molecule has 1 atom stereocenters. The first-order valence-corrected chi connectivity index (χ1v) is 10.1. The van der Waals surface area contributed by atoms with E-state index in [1.54, 1.807) is 29.9 Å². The van der Waals surface area contributed by atoms with Gasteiger partial charge in [0, 0.05) is 17.5 Å². The summed E-state index contributed by atoms with van der Waals surface area (Å²) in [4.78, 5) is 25.8. The number of rotatable bonds is 5. The lowest BCUT2D eigenvalue weighted by molar-refractivity contribution is -0.139. The van der Waals surface area contributed by atoms with Gasteiger partial charge in [-0.1, -0.05) is 24.3 Å². The number of aromatic nitrogens is 2. The number of carbonyl (C=O) groups is 2. The van der Waals surface area contributed by atoms with Gasteiger partial charge in [0.05, 0.1) is 28.8 Å². The Labute approximate surface area is 172 Å². The van der Waals surface area contributed by atoms with E-state index in [1.165, 1.54) is 0 Å². The summed E-state index contributed by atoms with van der Waals surface area (Å²) in [6, 6.07) is 12.6. The quantitative estimate of drug-likeness (QED) is 0.629. The van der Waals surface area contributed by atoms with Crippen LogP contribution in [0.4, 0.5) is 4.79 Å². The second-order valence-corrected chi connectivity index (χ2v) is 7.43. The zero-order valence-electron chi connectivity index (χ0n) is 16.0. The van der Waals surface area contributed by atoms with Gasteiger partial charge in [0.25, 0.3) is 0 Å². The van der Waals surface area contributed by atoms with Crippen molar-refractivity contribution in [2.24, 2.45) is 0 Å². The van der Waals surface area contributed by atoms with Crippen LogP contribution in [0.25, 0.3) is 16.3 Å². The Balaban J connectivity index is 1.88. The van der Waals surface area contributed by atoms with E-state index >= 15 is 0 Å². The fraction of sp³-hybridized carbons (Fsp3) is 0.190. The van der Waals surface area contributed by atoms with E-state index in [0.29, 0.717) is 17.0 Å². The first-order chi connectivity index (χ1) is 14.1. The molecule has 4 rings (SSSR count). The summed E-state index contributed by atoms with van der Waals surface area (Å²) < 4.78 is 7.01. The highest BCUT2D eigenvalue weighted by atomic mass is 32.1. The minimum Gasteiger partial charge on any atom is -0.463 e. The minimum atomic E-state index is -0.669. The fourth-order valence-corrected chi connectivity index (χ4v) is 4.05. The number of nitrogens with one attached hydrogen (secondary N) is 2. The van der Waals surface area contributed by atoms with Crippen LogP contribution in [0, 0.1) is 0 Å². The van der Waals surface area contributed by atoms with Gasteiger partial charge in [0.2, 0.25) is 0 Å². The van der Waals surface area contributed by atoms with Crippen LogP contribution in [0.1, 0.15) is 25.5 Å². The number of carbonyl (C=O) groups excluding carboxylic acids is 2. The van der Waals surface area contributed by atoms with E-state index < -0.39 is 12.0 Å². The summed E-state index contributed by atoms with van der Waals surface area (Å²) in [5.74, 6) is -0.466. The zero-order chi connectivity index (χ0) is 20.4. The number of hydrogen-bond donors (Lipinski definition) is 2. The van der Waals surface area contributed by atoms with Crippen molar-refractivity contribution < 1.29 is 14.3 Å². The van der Waals surface area contributed by atoms with Crippen molar-refractivity contribution in [3.8, 4) is 16.3 Å². The standard InChI is InChI=1S/C21H20N4O3S/c1-3-28-20(26)17-13(2)22-21(27)23-19(17)15-12-25(14-8-5-4-6-9-14)24-18(15)16-10-7-11-29-16/h4-12,19H,3H2,1-2H3,(H2,22,23,27)/t19-/m0/s1. The summed E-state index contributed by atoms with van der Waals surface area (Å²) in [7, 11) is 0. The Morgan fingerprint density at radius 3 is 2.72 bits per heavy atom. The molecule has 0 spiro atoms. The van der Waals surface area contributed by atoms with Gasteiger partial charge in [-0.05, 0) is 37.4 Å². The SMILES string of the molecule is CCOC(=O)C1=C(C)NC(=O)N[C@H]1c1cn(-c2ccccc2)nc1-c1cccs1. The molecule has 0 unspecified atom stereocenters. The summed E-state index contributed by atoms with van der Waals surface area (Å²) in [6.07, 6.45) is 1.85. The lowest BCUT2D eigenvalue weighted by Gasteiger charge is -2.27.